The number of amides is 1. The smallest absolute Gasteiger partial charge is 0.344 e. The Hall–Kier alpha value is -1.52. The summed E-state index contributed by atoms with van der Waals surface area (Å²) in [5, 5.41) is 0. The third-order valence-electron chi connectivity index (χ3n) is 4.50. The van der Waals surface area contributed by atoms with Gasteiger partial charge in [-0.1, -0.05) is 18.2 Å². The Bertz CT molecular complexity index is 512. The van der Waals surface area contributed by atoms with Crippen LogP contribution in [0.4, 0.5) is 13.2 Å². The molecule has 0 N–H and O–H groups in total. The van der Waals surface area contributed by atoms with Crippen molar-refractivity contribution in [3.63, 3.8) is 0 Å². The monoisotopic (exact) mass is 283 g/mol. The van der Waals surface area contributed by atoms with E-state index in [0.29, 0.717) is 17.9 Å². The predicted octanol–water partition coefficient (Wildman–Crippen LogP) is 3.12. The zero-order valence-electron chi connectivity index (χ0n) is 11.0. The Morgan fingerprint density at radius 3 is 2.50 bits per heavy atom. The average molecular weight is 283 g/mol. The van der Waals surface area contributed by atoms with Gasteiger partial charge in [-0.15, -0.1) is 0 Å². The number of hydrogen-bond acceptors (Lipinski definition) is 1. The lowest BCUT2D eigenvalue weighted by molar-refractivity contribution is -0.143. The van der Waals surface area contributed by atoms with Gasteiger partial charge < -0.3 is 4.90 Å². The number of nitrogens with zero attached hydrogens (tertiary/aromatic N) is 1. The zero-order valence-corrected chi connectivity index (χ0v) is 11.0. The first kappa shape index (κ1) is 13.5. The number of halogens is 3. The van der Waals surface area contributed by atoms with E-state index in [2.05, 4.69) is 0 Å². The molecule has 3 rings (SSSR count). The molecule has 0 aromatic heterocycles. The van der Waals surface area contributed by atoms with E-state index in [0.717, 1.165) is 38.4 Å². The predicted molar refractivity (Wildman–Crippen MR) is 67.9 cm³/mol. The van der Waals surface area contributed by atoms with Crippen LogP contribution in [0.2, 0.25) is 0 Å². The molecule has 0 atom stereocenters. The van der Waals surface area contributed by atoms with E-state index in [4.69, 9.17) is 0 Å². The fourth-order valence-corrected chi connectivity index (χ4v) is 3.74. The van der Waals surface area contributed by atoms with Crippen LogP contribution in [0.15, 0.2) is 24.3 Å². The maximum Gasteiger partial charge on any atom is 0.416 e. The molecule has 0 unspecified atom stereocenters. The van der Waals surface area contributed by atoms with Gasteiger partial charge in [-0.2, -0.15) is 13.2 Å². The molecule has 1 aliphatic carbocycles. The van der Waals surface area contributed by atoms with Crippen molar-refractivity contribution in [2.45, 2.75) is 25.4 Å². The van der Waals surface area contributed by atoms with Crippen LogP contribution >= 0.6 is 0 Å². The van der Waals surface area contributed by atoms with Crippen molar-refractivity contribution in [1.82, 2.24) is 4.90 Å². The third-order valence-corrected chi connectivity index (χ3v) is 4.50. The molecule has 1 saturated carbocycles. The summed E-state index contributed by atoms with van der Waals surface area (Å²) in [6, 6.07) is 5.83. The standard InChI is InChI=1S/C15H16F3NO/c16-15(17,18)13-4-2-1-3-12(13)5-11-6-14(7-11)8-19(9-14)10-20/h1-4,10-11H,5-9H2. The van der Waals surface area contributed by atoms with E-state index in [1.807, 2.05) is 0 Å². The molecule has 2 aliphatic rings. The first-order valence-electron chi connectivity index (χ1n) is 6.76. The fraction of sp³-hybridized carbons (Fsp3) is 0.533. The van der Waals surface area contributed by atoms with Gasteiger partial charge in [0, 0.05) is 18.5 Å². The van der Waals surface area contributed by atoms with Gasteiger partial charge in [0.05, 0.1) is 5.56 Å². The van der Waals surface area contributed by atoms with E-state index in [1.165, 1.54) is 6.07 Å². The largest absolute Gasteiger partial charge is 0.416 e. The van der Waals surface area contributed by atoms with Crippen molar-refractivity contribution >= 4 is 6.41 Å². The maximum absolute atomic E-state index is 12.9. The second kappa shape index (κ2) is 4.50. The Balaban J connectivity index is 1.62. The number of rotatable bonds is 3. The van der Waals surface area contributed by atoms with Crippen molar-refractivity contribution in [2.75, 3.05) is 13.1 Å². The van der Waals surface area contributed by atoms with E-state index in [9.17, 15) is 18.0 Å². The molecule has 1 saturated heterocycles. The van der Waals surface area contributed by atoms with Crippen LogP contribution in [0.1, 0.15) is 24.0 Å². The zero-order chi connectivity index (χ0) is 14.4. The number of hydrogen-bond donors (Lipinski definition) is 0. The maximum atomic E-state index is 12.9. The van der Waals surface area contributed by atoms with Gasteiger partial charge in [0.25, 0.3) is 0 Å². The molecule has 1 heterocycles. The molecule has 108 valence electrons. The summed E-state index contributed by atoms with van der Waals surface area (Å²) in [6.07, 6.45) is -1.08. The van der Waals surface area contributed by atoms with Crippen LogP contribution in [-0.4, -0.2) is 24.4 Å². The summed E-state index contributed by atoms with van der Waals surface area (Å²) in [7, 11) is 0. The van der Waals surface area contributed by atoms with Crippen molar-refractivity contribution in [2.24, 2.45) is 11.3 Å². The minimum Gasteiger partial charge on any atom is -0.344 e. The van der Waals surface area contributed by atoms with Crippen LogP contribution in [-0.2, 0) is 17.4 Å². The second-order valence-corrected chi connectivity index (χ2v) is 6.14. The van der Waals surface area contributed by atoms with E-state index in [1.54, 1.807) is 17.0 Å². The lowest BCUT2D eigenvalue weighted by atomic mass is 9.56. The average Bonchev–Trinajstić information content (AvgIpc) is 2.29. The third kappa shape index (κ3) is 2.30. The number of carbonyl (C=O) groups excluding carboxylic acids is 1. The number of alkyl halides is 3. The lowest BCUT2D eigenvalue weighted by Gasteiger charge is -2.58. The van der Waals surface area contributed by atoms with Gasteiger partial charge in [-0.05, 0) is 36.8 Å². The molecular weight excluding hydrogens is 267 g/mol. The molecule has 1 spiro atoms. The van der Waals surface area contributed by atoms with Gasteiger partial charge in [0.2, 0.25) is 6.41 Å². The van der Waals surface area contributed by atoms with Crippen molar-refractivity contribution < 1.29 is 18.0 Å². The first-order chi connectivity index (χ1) is 9.42. The van der Waals surface area contributed by atoms with Crippen LogP contribution < -0.4 is 0 Å². The van der Waals surface area contributed by atoms with Gasteiger partial charge in [-0.3, -0.25) is 4.79 Å². The molecule has 20 heavy (non-hydrogen) atoms. The van der Waals surface area contributed by atoms with Crippen molar-refractivity contribution in [3.05, 3.63) is 35.4 Å². The summed E-state index contributed by atoms with van der Waals surface area (Å²) in [4.78, 5) is 12.3. The summed E-state index contributed by atoms with van der Waals surface area (Å²) >= 11 is 0. The van der Waals surface area contributed by atoms with Crippen LogP contribution in [0.3, 0.4) is 0 Å². The normalized spacial score (nSPS) is 21.4. The highest BCUT2D eigenvalue weighted by atomic mass is 19.4. The number of likely N-dealkylation sites (tertiary alicyclic amines) is 1. The highest BCUT2D eigenvalue weighted by molar-refractivity contribution is 5.49. The minimum atomic E-state index is -4.27. The number of carbonyl (C=O) groups is 1. The number of benzene rings is 1. The molecule has 1 aromatic carbocycles. The van der Waals surface area contributed by atoms with Gasteiger partial charge >= 0.3 is 6.18 Å². The topological polar surface area (TPSA) is 20.3 Å². The van der Waals surface area contributed by atoms with E-state index >= 15 is 0 Å². The molecule has 1 aromatic rings. The quantitative estimate of drug-likeness (QED) is 0.781. The Morgan fingerprint density at radius 2 is 1.90 bits per heavy atom. The Morgan fingerprint density at radius 1 is 1.25 bits per heavy atom. The van der Waals surface area contributed by atoms with Crippen molar-refractivity contribution in [1.29, 1.82) is 0 Å². The lowest BCUT2D eigenvalue weighted by Crippen LogP contribution is -2.61. The molecule has 2 fully saturated rings. The molecule has 0 radical (unpaired) electrons. The highest BCUT2D eigenvalue weighted by Crippen LogP contribution is 2.52. The molecule has 1 amide bonds. The van der Waals surface area contributed by atoms with Crippen LogP contribution in [0.5, 0.6) is 0 Å². The first-order valence-corrected chi connectivity index (χ1v) is 6.76. The summed E-state index contributed by atoms with van der Waals surface area (Å²) in [6.45, 7) is 1.54. The second-order valence-electron chi connectivity index (χ2n) is 6.14. The van der Waals surface area contributed by atoms with E-state index < -0.39 is 11.7 Å². The van der Waals surface area contributed by atoms with Gasteiger partial charge in [0.1, 0.15) is 0 Å². The molecule has 1 aliphatic heterocycles. The fourth-order valence-electron chi connectivity index (χ4n) is 3.74. The van der Waals surface area contributed by atoms with E-state index in [-0.39, 0.29) is 5.41 Å². The SMILES string of the molecule is O=CN1CC2(CC(Cc3ccccc3C(F)(F)F)C2)C1. The van der Waals surface area contributed by atoms with Crippen LogP contribution in [0, 0.1) is 11.3 Å². The van der Waals surface area contributed by atoms with Gasteiger partial charge in [-0.25, -0.2) is 0 Å². The van der Waals surface area contributed by atoms with Crippen LogP contribution in [0.25, 0.3) is 0 Å². The Kier molecular flexibility index (Phi) is 3.03. The summed E-state index contributed by atoms with van der Waals surface area (Å²) < 4.78 is 38.7. The molecule has 0 bridgehead atoms. The highest BCUT2D eigenvalue weighted by Gasteiger charge is 2.52. The van der Waals surface area contributed by atoms with Gasteiger partial charge in [0.15, 0.2) is 0 Å². The van der Waals surface area contributed by atoms with Crippen molar-refractivity contribution in [3.8, 4) is 0 Å². The molecular formula is C15H16F3NO. The summed E-state index contributed by atoms with van der Waals surface area (Å²) in [5.41, 5.74) is 0.0918. The molecule has 5 heteroatoms. The summed E-state index contributed by atoms with van der Waals surface area (Å²) in [5.74, 6) is 0.312. The molecule has 2 nitrogen and oxygen atoms in total. The minimum absolute atomic E-state index is 0.207. The Labute approximate surface area is 115 Å².